The molecule has 0 saturated carbocycles. The fraction of sp³-hybridized carbons (Fsp3) is 0.286. The van der Waals surface area contributed by atoms with E-state index in [1.807, 2.05) is 48.2 Å². The molecule has 0 spiro atoms. The third kappa shape index (κ3) is 3.30. The average molecular weight is 362 g/mol. The lowest BCUT2D eigenvalue weighted by Gasteiger charge is -2.20. The molecule has 1 amide bonds. The van der Waals surface area contributed by atoms with E-state index in [2.05, 4.69) is 15.3 Å². The number of carbonyl (C=O) groups excluding carboxylic acids is 1. The van der Waals surface area contributed by atoms with Crippen molar-refractivity contribution in [3.8, 4) is 5.75 Å². The van der Waals surface area contributed by atoms with Gasteiger partial charge in [0.25, 0.3) is 5.91 Å². The van der Waals surface area contributed by atoms with E-state index in [1.54, 1.807) is 13.3 Å². The molecule has 4 rings (SSSR count). The molecule has 0 bridgehead atoms. The summed E-state index contributed by atoms with van der Waals surface area (Å²) in [6, 6.07) is 11.5. The maximum absolute atomic E-state index is 13.1. The monoisotopic (exact) mass is 362 g/mol. The first-order chi connectivity index (χ1) is 13.2. The van der Waals surface area contributed by atoms with E-state index in [9.17, 15) is 4.79 Å². The molecule has 1 saturated heterocycles. The predicted molar refractivity (Wildman–Crippen MR) is 106 cm³/mol. The van der Waals surface area contributed by atoms with Crippen LogP contribution in [-0.4, -0.2) is 41.0 Å². The molecule has 3 heterocycles. The predicted octanol–water partition coefficient (Wildman–Crippen LogP) is 3.93. The Kier molecular flexibility index (Phi) is 4.62. The summed E-state index contributed by atoms with van der Waals surface area (Å²) in [4.78, 5) is 24.0. The van der Waals surface area contributed by atoms with Crippen LogP contribution in [0.3, 0.4) is 0 Å². The molecule has 1 aliphatic rings. The number of para-hydroxylation sites is 2. The number of rotatable bonds is 4. The first-order valence-corrected chi connectivity index (χ1v) is 9.13. The number of methoxy groups -OCH3 is 1. The second kappa shape index (κ2) is 7.23. The zero-order valence-corrected chi connectivity index (χ0v) is 15.5. The third-order valence-electron chi connectivity index (χ3n) is 4.86. The van der Waals surface area contributed by atoms with Gasteiger partial charge in [-0.1, -0.05) is 12.1 Å². The quantitative estimate of drug-likeness (QED) is 0.762. The van der Waals surface area contributed by atoms with Crippen molar-refractivity contribution in [1.29, 1.82) is 0 Å². The molecule has 6 heteroatoms. The lowest BCUT2D eigenvalue weighted by Crippen LogP contribution is -2.28. The van der Waals surface area contributed by atoms with Gasteiger partial charge in [0, 0.05) is 30.4 Å². The summed E-state index contributed by atoms with van der Waals surface area (Å²) >= 11 is 0. The van der Waals surface area contributed by atoms with E-state index in [0.29, 0.717) is 22.6 Å². The van der Waals surface area contributed by atoms with Crippen molar-refractivity contribution in [3.63, 3.8) is 0 Å². The lowest BCUT2D eigenvalue weighted by atomic mass is 10.1. The number of fused-ring (bicyclic) bond motifs is 1. The Balaban J connectivity index is 1.86. The molecule has 2 aromatic heterocycles. The molecule has 0 aliphatic carbocycles. The molecular weight excluding hydrogens is 340 g/mol. The van der Waals surface area contributed by atoms with E-state index in [1.165, 1.54) is 0 Å². The van der Waals surface area contributed by atoms with Crippen LogP contribution in [-0.2, 0) is 0 Å². The molecule has 0 atom stereocenters. The smallest absolute Gasteiger partial charge is 0.257 e. The van der Waals surface area contributed by atoms with Crippen LogP contribution in [0.4, 0.5) is 11.4 Å². The normalized spacial score (nSPS) is 13.8. The van der Waals surface area contributed by atoms with Gasteiger partial charge in [0.2, 0.25) is 0 Å². The van der Waals surface area contributed by atoms with Crippen LogP contribution in [0.2, 0.25) is 0 Å². The number of hydrogen-bond acceptors (Lipinski definition) is 5. The Labute approximate surface area is 158 Å². The number of pyridine rings is 2. The number of aryl methyl sites for hydroxylation is 1. The van der Waals surface area contributed by atoms with Gasteiger partial charge in [-0.15, -0.1) is 0 Å². The molecule has 0 unspecified atom stereocenters. The largest absolute Gasteiger partial charge is 0.495 e. The summed E-state index contributed by atoms with van der Waals surface area (Å²) < 4.78 is 5.46. The average Bonchev–Trinajstić information content (AvgIpc) is 3.22. The van der Waals surface area contributed by atoms with Gasteiger partial charge in [0.1, 0.15) is 5.75 Å². The van der Waals surface area contributed by atoms with Crippen LogP contribution in [0.25, 0.3) is 11.0 Å². The molecule has 0 radical (unpaired) electrons. The molecule has 27 heavy (non-hydrogen) atoms. The summed E-state index contributed by atoms with van der Waals surface area (Å²) in [5, 5.41) is 4.22. The number of carbonyl (C=O) groups is 1. The Morgan fingerprint density at radius 2 is 1.93 bits per heavy atom. The van der Waals surface area contributed by atoms with Gasteiger partial charge in [-0.25, -0.2) is 9.97 Å². The summed E-state index contributed by atoms with van der Waals surface area (Å²) in [5.41, 5.74) is 3.57. The van der Waals surface area contributed by atoms with Crippen LogP contribution in [0.15, 0.2) is 42.6 Å². The van der Waals surface area contributed by atoms with E-state index >= 15 is 0 Å². The van der Waals surface area contributed by atoms with Gasteiger partial charge < -0.3 is 15.0 Å². The number of benzene rings is 1. The van der Waals surface area contributed by atoms with E-state index in [4.69, 9.17) is 4.74 Å². The first kappa shape index (κ1) is 17.3. The van der Waals surface area contributed by atoms with Crippen molar-refractivity contribution in [3.05, 3.63) is 53.9 Å². The van der Waals surface area contributed by atoms with Gasteiger partial charge in [0.15, 0.2) is 5.65 Å². The number of aromatic nitrogens is 2. The van der Waals surface area contributed by atoms with Crippen LogP contribution >= 0.6 is 0 Å². The molecule has 6 nitrogen and oxygen atoms in total. The Morgan fingerprint density at radius 1 is 1.15 bits per heavy atom. The van der Waals surface area contributed by atoms with Crippen LogP contribution in [0.1, 0.15) is 28.9 Å². The minimum Gasteiger partial charge on any atom is -0.495 e. The maximum Gasteiger partial charge on any atom is 0.257 e. The van der Waals surface area contributed by atoms with Crippen molar-refractivity contribution < 1.29 is 9.53 Å². The number of anilines is 2. The highest BCUT2D eigenvalue weighted by Gasteiger charge is 2.24. The molecule has 1 fully saturated rings. The van der Waals surface area contributed by atoms with Crippen molar-refractivity contribution in [2.45, 2.75) is 19.8 Å². The van der Waals surface area contributed by atoms with Crippen molar-refractivity contribution >= 4 is 28.3 Å². The van der Waals surface area contributed by atoms with E-state index < -0.39 is 0 Å². The van der Waals surface area contributed by atoms with Crippen molar-refractivity contribution in [1.82, 2.24) is 14.9 Å². The minimum atomic E-state index is -0.000118. The van der Waals surface area contributed by atoms with Gasteiger partial charge >= 0.3 is 0 Å². The van der Waals surface area contributed by atoms with Gasteiger partial charge in [-0.05, 0) is 44.0 Å². The number of likely N-dealkylation sites (tertiary alicyclic amines) is 1. The molecule has 1 N–H and O–H groups in total. The fourth-order valence-corrected chi connectivity index (χ4v) is 3.44. The summed E-state index contributed by atoms with van der Waals surface area (Å²) in [6.07, 6.45) is 3.72. The van der Waals surface area contributed by atoms with Crippen LogP contribution < -0.4 is 10.1 Å². The van der Waals surface area contributed by atoms with Gasteiger partial charge in [-0.3, -0.25) is 4.79 Å². The number of amides is 1. The highest BCUT2D eigenvalue weighted by Crippen LogP contribution is 2.33. The van der Waals surface area contributed by atoms with E-state index in [-0.39, 0.29) is 5.91 Å². The number of ether oxygens (including phenoxy) is 1. The third-order valence-corrected chi connectivity index (χ3v) is 4.86. The fourth-order valence-electron chi connectivity index (χ4n) is 3.44. The van der Waals surface area contributed by atoms with Crippen molar-refractivity contribution in [2.24, 2.45) is 0 Å². The number of nitrogens with one attached hydrogen (secondary N) is 1. The molecule has 1 aromatic carbocycles. The van der Waals surface area contributed by atoms with Crippen LogP contribution in [0.5, 0.6) is 5.75 Å². The van der Waals surface area contributed by atoms with Crippen LogP contribution in [0, 0.1) is 6.92 Å². The van der Waals surface area contributed by atoms with Gasteiger partial charge in [-0.2, -0.15) is 0 Å². The summed E-state index contributed by atoms with van der Waals surface area (Å²) in [5.74, 6) is 0.710. The highest BCUT2D eigenvalue weighted by atomic mass is 16.5. The summed E-state index contributed by atoms with van der Waals surface area (Å²) in [7, 11) is 1.63. The molecule has 3 aromatic rings. The Morgan fingerprint density at radius 3 is 2.70 bits per heavy atom. The molecular formula is C21H22N4O2. The second-order valence-corrected chi connectivity index (χ2v) is 6.70. The maximum atomic E-state index is 13.1. The molecule has 138 valence electrons. The minimum absolute atomic E-state index is 0.000118. The summed E-state index contributed by atoms with van der Waals surface area (Å²) in [6.45, 7) is 3.51. The zero-order valence-electron chi connectivity index (χ0n) is 15.5. The second-order valence-electron chi connectivity index (χ2n) is 6.70. The SMILES string of the molecule is COc1ccccc1Nc1c(C(=O)N2CCCC2)cnc2nc(C)ccc12. The molecule has 1 aliphatic heterocycles. The number of hydrogen-bond donors (Lipinski definition) is 1. The van der Waals surface area contributed by atoms with Gasteiger partial charge in [0.05, 0.1) is 24.0 Å². The number of nitrogens with zero attached hydrogens (tertiary/aromatic N) is 3. The topological polar surface area (TPSA) is 67.3 Å². The zero-order chi connectivity index (χ0) is 18.8. The highest BCUT2D eigenvalue weighted by molar-refractivity contribution is 6.07. The Hall–Kier alpha value is -3.15. The standard InChI is InChI=1S/C21H22N4O2/c1-14-9-10-15-19(24-17-7-3-4-8-18(17)27-2)16(13-22-20(15)23-14)21(26)25-11-5-6-12-25/h3-4,7-10,13H,5-6,11-12H2,1-2H3,(H,22,23,24). The van der Waals surface area contributed by atoms with E-state index in [0.717, 1.165) is 42.7 Å². The first-order valence-electron chi connectivity index (χ1n) is 9.13. The van der Waals surface area contributed by atoms with Crippen molar-refractivity contribution in [2.75, 3.05) is 25.5 Å². The lowest BCUT2D eigenvalue weighted by molar-refractivity contribution is 0.0793. The Bertz CT molecular complexity index is 997.